The minimum atomic E-state index is 0.616. The van der Waals surface area contributed by atoms with E-state index in [2.05, 4.69) is 0 Å². The first-order valence-electron chi connectivity index (χ1n) is 3.84. The van der Waals surface area contributed by atoms with Gasteiger partial charge in [0.05, 0.1) is 16.7 Å². The minimum Gasteiger partial charge on any atom is -0.494 e. The van der Waals surface area contributed by atoms with Crippen molar-refractivity contribution in [3.63, 3.8) is 0 Å². The molecular formula is C9H10Cl2OS. The van der Waals surface area contributed by atoms with Crippen LogP contribution in [0.15, 0.2) is 17.0 Å². The molecule has 1 nitrogen and oxygen atoms in total. The van der Waals surface area contributed by atoms with Crippen molar-refractivity contribution < 1.29 is 4.74 Å². The van der Waals surface area contributed by atoms with Crippen molar-refractivity contribution in [2.24, 2.45) is 0 Å². The van der Waals surface area contributed by atoms with Crippen molar-refractivity contribution in [1.82, 2.24) is 0 Å². The van der Waals surface area contributed by atoms with Gasteiger partial charge in [-0.2, -0.15) is 0 Å². The van der Waals surface area contributed by atoms with Gasteiger partial charge in [0, 0.05) is 4.90 Å². The van der Waals surface area contributed by atoms with Crippen molar-refractivity contribution >= 4 is 35.0 Å². The van der Waals surface area contributed by atoms with Gasteiger partial charge < -0.3 is 4.74 Å². The lowest BCUT2D eigenvalue weighted by Crippen LogP contribution is -1.91. The molecule has 0 aliphatic heterocycles. The van der Waals surface area contributed by atoms with E-state index in [9.17, 15) is 0 Å². The summed E-state index contributed by atoms with van der Waals surface area (Å²) in [5.41, 5.74) is 0. The topological polar surface area (TPSA) is 9.23 Å². The van der Waals surface area contributed by atoms with Gasteiger partial charge in [-0.05, 0) is 25.3 Å². The lowest BCUT2D eigenvalue weighted by molar-refractivity contribution is 0.340. The highest BCUT2D eigenvalue weighted by Crippen LogP contribution is 2.36. The molecule has 0 N–H and O–H groups in total. The number of benzene rings is 1. The number of ether oxygens (including phenoxy) is 1. The maximum atomic E-state index is 5.99. The summed E-state index contributed by atoms with van der Waals surface area (Å²) < 4.78 is 5.29. The lowest BCUT2D eigenvalue weighted by atomic mass is 10.3. The standard InChI is InChI=1S/C9H10Cl2OS/c1-3-12-6-4-7(10)9(13-2)8(11)5-6/h4-5H,3H2,1-2H3. The van der Waals surface area contributed by atoms with Gasteiger partial charge in [0.25, 0.3) is 0 Å². The molecule has 0 aliphatic carbocycles. The van der Waals surface area contributed by atoms with Crippen LogP contribution in [0.3, 0.4) is 0 Å². The summed E-state index contributed by atoms with van der Waals surface area (Å²) in [6.07, 6.45) is 1.94. The molecule has 0 aromatic heterocycles. The third-order valence-electron chi connectivity index (χ3n) is 1.49. The summed E-state index contributed by atoms with van der Waals surface area (Å²) in [7, 11) is 0. The number of thioether (sulfide) groups is 1. The highest BCUT2D eigenvalue weighted by atomic mass is 35.5. The van der Waals surface area contributed by atoms with Crippen molar-refractivity contribution in [3.8, 4) is 5.75 Å². The van der Waals surface area contributed by atoms with Gasteiger partial charge in [0.15, 0.2) is 0 Å². The van der Waals surface area contributed by atoms with E-state index in [0.29, 0.717) is 16.7 Å². The Labute approximate surface area is 92.4 Å². The van der Waals surface area contributed by atoms with Crippen LogP contribution in [0.4, 0.5) is 0 Å². The van der Waals surface area contributed by atoms with Gasteiger partial charge >= 0.3 is 0 Å². The van der Waals surface area contributed by atoms with Gasteiger partial charge in [-0.15, -0.1) is 11.8 Å². The minimum absolute atomic E-state index is 0.616. The molecule has 0 aliphatic rings. The average molecular weight is 237 g/mol. The molecule has 1 rings (SSSR count). The Morgan fingerprint density at radius 1 is 1.31 bits per heavy atom. The smallest absolute Gasteiger partial charge is 0.122 e. The number of hydrogen-bond donors (Lipinski definition) is 0. The lowest BCUT2D eigenvalue weighted by Gasteiger charge is -2.07. The summed E-state index contributed by atoms with van der Waals surface area (Å²) in [5.74, 6) is 0.718. The van der Waals surface area contributed by atoms with E-state index in [0.717, 1.165) is 10.6 Å². The van der Waals surface area contributed by atoms with Crippen molar-refractivity contribution in [1.29, 1.82) is 0 Å². The van der Waals surface area contributed by atoms with E-state index in [1.165, 1.54) is 11.8 Å². The van der Waals surface area contributed by atoms with Crippen molar-refractivity contribution in [2.45, 2.75) is 11.8 Å². The average Bonchev–Trinajstić information content (AvgIpc) is 2.04. The summed E-state index contributed by atoms with van der Waals surface area (Å²) in [6.45, 7) is 2.54. The molecule has 0 saturated heterocycles. The van der Waals surface area contributed by atoms with E-state index in [1.807, 2.05) is 13.2 Å². The number of halogens is 2. The maximum absolute atomic E-state index is 5.99. The highest BCUT2D eigenvalue weighted by Gasteiger charge is 2.07. The molecule has 0 radical (unpaired) electrons. The van der Waals surface area contributed by atoms with Crippen molar-refractivity contribution in [3.05, 3.63) is 22.2 Å². The Kier molecular flexibility index (Phi) is 4.23. The zero-order valence-electron chi connectivity index (χ0n) is 7.43. The molecular weight excluding hydrogens is 227 g/mol. The highest BCUT2D eigenvalue weighted by molar-refractivity contribution is 7.98. The molecule has 0 bridgehead atoms. The molecule has 4 heteroatoms. The predicted octanol–water partition coefficient (Wildman–Crippen LogP) is 4.11. The second-order valence-electron chi connectivity index (χ2n) is 2.35. The van der Waals surface area contributed by atoms with Crippen LogP contribution in [-0.2, 0) is 0 Å². The Balaban J connectivity index is 3.05. The largest absolute Gasteiger partial charge is 0.494 e. The monoisotopic (exact) mass is 236 g/mol. The summed E-state index contributed by atoms with van der Waals surface area (Å²) >= 11 is 13.5. The molecule has 0 saturated carbocycles. The van der Waals surface area contributed by atoms with Gasteiger partial charge in [-0.25, -0.2) is 0 Å². The zero-order valence-corrected chi connectivity index (χ0v) is 9.76. The van der Waals surface area contributed by atoms with Crippen LogP contribution in [-0.4, -0.2) is 12.9 Å². The maximum Gasteiger partial charge on any atom is 0.122 e. The third kappa shape index (κ3) is 2.70. The number of rotatable bonds is 3. The van der Waals surface area contributed by atoms with E-state index < -0.39 is 0 Å². The molecule has 0 amide bonds. The Morgan fingerprint density at radius 2 is 1.85 bits per heavy atom. The molecule has 1 aromatic carbocycles. The first-order valence-corrected chi connectivity index (χ1v) is 5.83. The van der Waals surface area contributed by atoms with Crippen LogP contribution in [0.1, 0.15) is 6.92 Å². The van der Waals surface area contributed by atoms with Crippen LogP contribution in [0.25, 0.3) is 0 Å². The predicted molar refractivity (Wildman–Crippen MR) is 59.4 cm³/mol. The van der Waals surface area contributed by atoms with Gasteiger partial charge in [-0.3, -0.25) is 0 Å². The summed E-state index contributed by atoms with van der Waals surface area (Å²) in [5, 5.41) is 1.28. The second-order valence-corrected chi connectivity index (χ2v) is 3.98. The quantitative estimate of drug-likeness (QED) is 0.731. The van der Waals surface area contributed by atoms with E-state index >= 15 is 0 Å². The van der Waals surface area contributed by atoms with E-state index in [-0.39, 0.29) is 0 Å². The molecule has 1 aromatic rings. The summed E-state index contributed by atoms with van der Waals surface area (Å²) in [4.78, 5) is 0.895. The SMILES string of the molecule is CCOc1cc(Cl)c(SC)c(Cl)c1. The molecule has 0 heterocycles. The first kappa shape index (κ1) is 11.0. The fourth-order valence-electron chi connectivity index (χ4n) is 0.982. The molecule has 0 spiro atoms. The van der Waals surface area contributed by atoms with Crippen molar-refractivity contribution in [2.75, 3.05) is 12.9 Å². The number of hydrogen-bond acceptors (Lipinski definition) is 2. The Bertz CT molecular complexity index is 279. The van der Waals surface area contributed by atoms with Crippen LogP contribution < -0.4 is 4.74 Å². The van der Waals surface area contributed by atoms with Crippen LogP contribution in [0.2, 0.25) is 10.0 Å². The normalized spacial score (nSPS) is 10.2. The van der Waals surface area contributed by atoms with Gasteiger partial charge in [0.2, 0.25) is 0 Å². The van der Waals surface area contributed by atoms with Crippen LogP contribution >= 0.6 is 35.0 Å². The van der Waals surface area contributed by atoms with E-state index in [4.69, 9.17) is 27.9 Å². The van der Waals surface area contributed by atoms with Crippen LogP contribution in [0, 0.1) is 0 Å². The third-order valence-corrected chi connectivity index (χ3v) is 3.16. The fraction of sp³-hybridized carbons (Fsp3) is 0.333. The second kappa shape index (κ2) is 4.99. The molecule has 13 heavy (non-hydrogen) atoms. The van der Waals surface area contributed by atoms with Crippen LogP contribution in [0.5, 0.6) is 5.75 Å². The molecule has 0 fully saturated rings. The van der Waals surface area contributed by atoms with Gasteiger partial charge in [-0.1, -0.05) is 23.2 Å². The van der Waals surface area contributed by atoms with E-state index in [1.54, 1.807) is 12.1 Å². The summed E-state index contributed by atoms with van der Waals surface area (Å²) in [6, 6.07) is 3.56. The molecule has 72 valence electrons. The van der Waals surface area contributed by atoms with Gasteiger partial charge in [0.1, 0.15) is 5.75 Å². The molecule has 0 unspecified atom stereocenters. The first-order chi connectivity index (χ1) is 6.19. The zero-order chi connectivity index (χ0) is 9.84. The Hall–Kier alpha value is -0.0500. The molecule has 0 atom stereocenters. The fourth-order valence-corrected chi connectivity index (χ4v) is 2.42. The Morgan fingerprint density at radius 3 is 2.23 bits per heavy atom.